The number of anilines is 1. The van der Waals surface area contributed by atoms with Gasteiger partial charge in [0.05, 0.1) is 32.0 Å². The molecule has 1 N–H and O–H groups in total. The lowest BCUT2D eigenvalue weighted by Crippen LogP contribution is -2.49. The first kappa shape index (κ1) is 24.5. The summed E-state index contributed by atoms with van der Waals surface area (Å²) < 4.78 is 49.5. The Morgan fingerprint density at radius 1 is 1.31 bits per heavy atom. The van der Waals surface area contributed by atoms with Crippen LogP contribution in [0.15, 0.2) is 21.7 Å². The van der Waals surface area contributed by atoms with Crippen LogP contribution in [0.5, 0.6) is 5.75 Å². The van der Waals surface area contributed by atoms with Crippen LogP contribution >= 0.6 is 27.3 Å². The molecule has 1 aliphatic rings. The standard InChI is InChI=1S/C18H21BrF3N5O4S/c1-11(31-12-8-24-25-16(29)15(12)19)10-30-7-2-14(28)26-3-5-27(6-4-26)17-23-9-13(32-17)18(20,21)22/h8-9,11H,2-7,10H2,1H3,(H,25,29). The van der Waals surface area contributed by atoms with E-state index >= 15 is 0 Å². The van der Waals surface area contributed by atoms with Crippen molar-refractivity contribution in [3.63, 3.8) is 0 Å². The molecule has 0 spiro atoms. The number of H-pyrrole nitrogens is 1. The number of halogens is 4. The minimum atomic E-state index is -4.40. The first-order chi connectivity index (χ1) is 15.1. The molecule has 32 heavy (non-hydrogen) atoms. The number of amides is 1. The second-order valence-corrected chi connectivity index (χ2v) is 8.81. The molecule has 0 saturated carbocycles. The van der Waals surface area contributed by atoms with Crippen LogP contribution in [0.25, 0.3) is 0 Å². The molecule has 2 aromatic rings. The van der Waals surface area contributed by atoms with Gasteiger partial charge in [-0.05, 0) is 22.9 Å². The highest BCUT2D eigenvalue weighted by Crippen LogP contribution is 2.36. The van der Waals surface area contributed by atoms with Crippen LogP contribution in [0.3, 0.4) is 0 Å². The number of piperazine rings is 1. The van der Waals surface area contributed by atoms with Crippen LogP contribution in [0, 0.1) is 0 Å². The highest BCUT2D eigenvalue weighted by atomic mass is 79.9. The Morgan fingerprint density at radius 3 is 2.69 bits per heavy atom. The van der Waals surface area contributed by atoms with Crippen LogP contribution in [-0.4, -0.2) is 71.5 Å². The van der Waals surface area contributed by atoms with E-state index in [1.807, 2.05) is 0 Å². The number of carbonyl (C=O) groups is 1. The fourth-order valence-electron chi connectivity index (χ4n) is 2.96. The van der Waals surface area contributed by atoms with Crippen molar-refractivity contribution >= 4 is 38.3 Å². The van der Waals surface area contributed by atoms with Crippen LogP contribution in [0.1, 0.15) is 18.2 Å². The van der Waals surface area contributed by atoms with Gasteiger partial charge in [-0.2, -0.15) is 18.3 Å². The highest BCUT2D eigenvalue weighted by Gasteiger charge is 2.34. The van der Waals surface area contributed by atoms with Crippen molar-refractivity contribution in [1.82, 2.24) is 20.1 Å². The average Bonchev–Trinajstić information content (AvgIpc) is 3.25. The largest absolute Gasteiger partial charge is 0.485 e. The molecule has 0 aliphatic carbocycles. The number of ether oxygens (including phenoxy) is 2. The molecule has 1 saturated heterocycles. The maximum Gasteiger partial charge on any atom is 0.427 e. The van der Waals surface area contributed by atoms with E-state index in [0.29, 0.717) is 48.4 Å². The van der Waals surface area contributed by atoms with Crippen molar-refractivity contribution < 1.29 is 27.4 Å². The summed E-state index contributed by atoms with van der Waals surface area (Å²) in [4.78, 5) is 30.4. The van der Waals surface area contributed by atoms with Gasteiger partial charge in [-0.1, -0.05) is 11.3 Å². The summed E-state index contributed by atoms with van der Waals surface area (Å²) >= 11 is 3.73. The molecule has 14 heteroatoms. The zero-order valence-electron chi connectivity index (χ0n) is 17.0. The summed E-state index contributed by atoms with van der Waals surface area (Å²) in [5.74, 6) is 0.205. The minimum absolute atomic E-state index is 0.0881. The fourth-order valence-corrected chi connectivity index (χ4v) is 4.08. The molecular formula is C18H21BrF3N5O4S. The zero-order valence-corrected chi connectivity index (χ0v) is 19.4. The van der Waals surface area contributed by atoms with Gasteiger partial charge in [0.25, 0.3) is 5.56 Å². The summed E-state index contributed by atoms with van der Waals surface area (Å²) in [7, 11) is 0. The van der Waals surface area contributed by atoms with Crippen molar-refractivity contribution in [3.05, 3.63) is 32.1 Å². The fraction of sp³-hybridized carbons (Fsp3) is 0.556. The van der Waals surface area contributed by atoms with Crippen molar-refractivity contribution in [2.75, 3.05) is 44.3 Å². The Bertz CT molecular complexity index is 978. The van der Waals surface area contributed by atoms with Crippen molar-refractivity contribution in [2.24, 2.45) is 0 Å². The molecule has 1 amide bonds. The first-order valence-corrected chi connectivity index (χ1v) is 11.3. The van der Waals surface area contributed by atoms with Gasteiger partial charge < -0.3 is 19.3 Å². The van der Waals surface area contributed by atoms with E-state index in [-0.39, 0.29) is 36.1 Å². The van der Waals surface area contributed by atoms with Gasteiger partial charge in [0.15, 0.2) is 10.9 Å². The predicted octanol–water partition coefficient (Wildman–Crippen LogP) is 2.53. The topological polar surface area (TPSA) is 101 Å². The average molecular weight is 540 g/mol. The van der Waals surface area contributed by atoms with Gasteiger partial charge in [0.1, 0.15) is 15.5 Å². The van der Waals surface area contributed by atoms with E-state index in [0.717, 1.165) is 6.20 Å². The Morgan fingerprint density at radius 2 is 2.03 bits per heavy atom. The van der Waals surface area contributed by atoms with Crippen LogP contribution in [0.4, 0.5) is 18.3 Å². The van der Waals surface area contributed by atoms with Gasteiger partial charge in [-0.15, -0.1) is 0 Å². The zero-order chi connectivity index (χ0) is 23.3. The number of rotatable bonds is 8. The number of alkyl halides is 3. The lowest BCUT2D eigenvalue weighted by atomic mass is 10.3. The third-order valence-corrected chi connectivity index (χ3v) is 6.43. The minimum Gasteiger partial charge on any atom is -0.485 e. The molecule has 1 aliphatic heterocycles. The monoisotopic (exact) mass is 539 g/mol. The molecule has 0 aromatic carbocycles. The molecule has 3 rings (SSSR count). The second-order valence-electron chi connectivity index (χ2n) is 7.00. The smallest absolute Gasteiger partial charge is 0.427 e. The van der Waals surface area contributed by atoms with Crippen molar-refractivity contribution in [2.45, 2.75) is 25.6 Å². The molecule has 3 heterocycles. The van der Waals surface area contributed by atoms with E-state index in [4.69, 9.17) is 9.47 Å². The highest BCUT2D eigenvalue weighted by molar-refractivity contribution is 9.10. The summed E-state index contributed by atoms with van der Waals surface area (Å²) in [5.41, 5.74) is -0.406. The molecule has 176 valence electrons. The third kappa shape index (κ3) is 6.42. The third-order valence-electron chi connectivity index (χ3n) is 4.58. The van der Waals surface area contributed by atoms with Crippen LogP contribution in [-0.2, 0) is 15.7 Å². The second kappa shape index (κ2) is 10.6. The van der Waals surface area contributed by atoms with Crippen LogP contribution < -0.4 is 15.2 Å². The summed E-state index contributed by atoms with van der Waals surface area (Å²) in [6, 6.07) is 0. The molecule has 1 unspecified atom stereocenters. The number of thiazole rings is 1. The molecule has 0 bridgehead atoms. The van der Waals surface area contributed by atoms with Crippen molar-refractivity contribution in [1.29, 1.82) is 0 Å². The maximum atomic E-state index is 12.7. The number of nitrogens with one attached hydrogen (secondary N) is 1. The Kier molecular flexibility index (Phi) is 8.11. The van der Waals surface area contributed by atoms with Gasteiger partial charge >= 0.3 is 6.18 Å². The molecule has 2 aromatic heterocycles. The lowest BCUT2D eigenvalue weighted by molar-refractivity contribution is -0.134. The Labute approximate surface area is 193 Å². The molecular weight excluding hydrogens is 519 g/mol. The van der Waals surface area contributed by atoms with Gasteiger partial charge in [0.2, 0.25) is 5.91 Å². The van der Waals surface area contributed by atoms with Gasteiger partial charge in [0, 0.05) is 26.2 Å². The number of hydrogen-bond acceptors (Lipinski definition) is 8. The molecule has 1 atom stereocenters. The number of hydrogen-bond donors (Lipinski definition) is 1. The van der Waals surface area contributed by atoms with Gasteiger partial charge in [-0.25, -0.2) is 10.1 Å². The van der Waals surface area contributed by atoms with E-state index in [1.54, 1.807) is 16.7 Å². The summed E-state index contributed by atoms with van der Waals surface area (Å²) in [5, 5.41) is 6.25. The molecule has 9 nitrogen and oxygen atoms in total. The van der Waals surface area contributed by atoms with E-state index < -0.39 is 16.6 Å². The summed E-state index contributed by atoms with van der Waals surface area (Å²) in [6.07, 6.45) is -2.37. The molecule has 1 fully saturated rings. The normalized spacial score (nSPS) is 15.7. The summed E-state index contributed by atoms with van der Waals surface area (Å²) in [6.45, 7) is 3.82. The Balaban J connectivity index is 1.36. The number of aromatic nitrogens is 3. The van der Waals surface area contributed by atoms with Gasteiger partial charge in [-0.3, -0.25) is 9.59 Å². The van der Waals surface area contributed by atoms with Crippen molar-refractivity contribution in [3.8, 4) is 5.75 Å². The van der Waals surface area contributed by atoms with E-state index in [2.05, 4.69) is 31.1 Å². The molecule has 0 radical (unpaired) electrons. The quantitative estimate of drug-likeness (QED) is 0.514. The predicted molar refractivity (Wildman–Crippen MR) is 114 cm³/mol. The Hall–Kier alpha value is -2.19. The van der Waals surface area contributed by atoms with E-state index in [1.165, 1.54) is 6.20 Å². The maximum absolute atomic E-state index is 12.7. The first-order valence-electron chi connectivity index (χ1n) is 9.68. The lowest BCUT2D eigenvalue weighted by Gasteiger charge is -2.34. The number of aromatic amines is 1. The van der Waals surface area contributed by atoms with E-state index in [9.17, 15) is 22.8 Å². The number of nitrogens with zero attached hydrogens (tertiary/aromatic N) is 4. The SMILES string of the molecule is CC(COCCC(=O)N1CCN(c2ncc(C(F)(F)F)s2)CC1)Oc1cn[nH]c(=O)c1Br. The van der Waals surface area contributed by atoms with Crippen LogP contribution in [0.2, 0.25) is 0 Å². The number of carbonyl (C=O) groups excluding carboxylic acids is 1.